The van der Waals surface area contributed by atoms with Crippen LogP contribution in [0.2, 0.25) is 10.0 Å². The molecule has 0 heterocycles. The molecule has 0 saturated carbocycles. The smallest absolute Gasteiger partial charge is 0.0654 e. The molecule has 0 nitrogen and oxygen atoms in total. The van der Waals surface area contributed by atoms with E-state index in [4.69, 9.17) is 28.7 Å². The van der Waals surface area contributed by atoms with Gasteiger partial charge in [-0.3, -0.25) is 0 Å². The monoisotopic (exact) mass is 164 g/mol. The van der Waals surface area contributed by atoms with E-state index in [9.17, 15) is 0 Å². The van der Waals surface area contributed by atoms with Crippen molar-refractivity contribution in [2.75, 3.05) is 0 Å². The van der Waals surface area contributed by atoms with E-state index < -0.39 is 0 Å². The van der Waals surface area contributed by atoms with Crippen LogP contribution in [0.15, 0.2) is 18.1 Å². The maximum atomic E-state index is 7.42. The summed E-state index contributed by atoms with van der Waals surface area (Å²) in [5, 5.41) is -0.188. The Morgan fingerprint density at radius 1 is 1.33 bits per heavy atom. The van der Waals surface area contributed by atoms with E-state index >= 15 is 0 Å². The number of hydrogen-bond acceptors (Lipinski definition) is 0. The summed E-state index contributed by atoms with van der Waals surface area (Å²) in [5.74, 6) is 0. The summed E-state index contributed by atoms with van der Waals surface area (Å²) >= 11 is 11.2. The lowest BCUT2D eigenvalue weighted by atomic mass is 10.2. The summed E-state index contributed by atoms with van der Waals surface area (Å²) in [6.45, 7) is -0.225. The molecular formula is C7H6Cl2. The van der Waals surface area contributed by atoms with Crippen LogP contribution >= 0.6 is 23.2 Å². The molecule has 0 fully saturated rings. The van der Waals surface area contributed by atoms with Gasteiger partial charge in [-0.25, -0.2) is 0 Å². The normalized spacial score (nSPS) is 15.8. The highest BCUT2D eigenvalue weighted by atomic mass is 35.5. The van der Waals surface area contributed by atoms with E-state index in [1.807, 2.05) is 0 Å². The van der Waals surface area contributed by atoms with Gasteiger partial charge in [-0.15, -0.1) is 0 Å². The minimum atomic E-state index is -0.225. The quantitative estimate of drug-likeness (QED) is 0.553. The third kappa shape index (κ3) is 1.88. The summed E-state index contributed by atoms with van der Waals surface area (Å²) in [4.78, 5) is 0. The van der Waals surface area contributed by atoms with Crippen molar-refractivity contribution in [2.45, 2.75) is 6.90 Å². The van der Waals surface area contributed by atoms with Crippen molar-refractivity contribution in [2.24, 2.45) is 0 Å². The van der Waals surface area contributed by atoms with Crippen LogP contribution in [0.4, 0.5) is 0 Å². The lowest BCUT2D eigenvalue weighted by Gasteiger charge is -1.93. The van der Waals surface area contributed by atoms with Crippen LogP contribution in [-0.2, 0) is 0 Å². The molecule has 0 aliphatic rings. The third-order valence-corrected chi connectivity index (χ3v) is 1.12. The van der Waals surface area contributed by atoms with Gasteiger partial charge in [-0.1, -0.05) is 23.2 Å². The van der Waals surface area contributed by atoms with Gasteiger partial charge >= 0.3 is 0 Å². The molecule has 0 saturated heterocycles. The molecule has 1 aromatic rings. The third-order valence-electron chi connectivity index (χ3n) is 0.741. The lowest BCUT2D eigenvalue weighted by Crippen LogP contribution is -1.70. The zero-order valence-corrected chi connectivity index (χ0v) is 5.97. The van der Waals surface area contributed by atoms with Gasteiger partial charge in [0, 0.05) is 11.4 Å². The van der Waals surface area contributed by atoms with E-state index in [1.54, 1.807) is 0 Å². The van der Waals surface area contributed by atoms with Gasteiger partial charge in [-0.05, 0) is 30.6 Å². The maximum Gasteiger partial charge on any atom is 0.0654 e. The molecule has 0 bridgehead atoms. The number of rotatable bonds is 0. The molecule has 0 N–H and O–H groups in total. The van der Waals surface area contributed by atoms with E-state index in [0.717, 1.165) is 0 Å². The summed E-state index contributed by atoms with van der Waals surface area (Å²) in [6.07, 6.45) is 0. The molecule has 0 aliphatic carbocycles. The van der Waals surface area contributed by atoms with Crippen molar-refractivity contribution in [1.82, 2.24) is 0 Å². The number of halogens is 2. The second-order valence-electron chi connectivity index (χ2n) is 1.48. The summed E-state index contributed by atoms with van der Waals surface area (Å²) < 4.78 is 29.2. The Kier molecular flexibility index (Phi) is 0.940. The fraction of sp³-hybridized carbons (Fsp3) is 0.143. The highest BCUT2D eigenvalue weighted by molar-refractivity contribution is 6.34. The Morgan fingerprint density at radius 3 is 2.33 bits per heavy atom. The Hall–Kier alpha value is -0.200. The standard InChI is InChI=1S/C7H6Cl2/c1-5-2-6(8)4-7(9)3-5/h2-4H,1H3/i1D,2D,3D,4D. The Labute approximate surface area is 70.0 Å². The molecule has 0 radical (unpaired) electrons. The van der Waals surface area contributed by atoms with Gasteiger partial charge in [-0.2, -0.15) is 0 Å². The van der Waals surface area contributed by atoms with Crippen molar-refractivity contribution >= 4 is 23.2 Å². The Balaban J connectivity index is 3.56. The van der Waals surface area contributed by atoms with Crippen molar-refractivity contribution in [3.8, 4) is 0 Å². The minimum Gasteiger partial charge on any atom is -0.0843 e. The second kappa shape index (κ2) is 2.59. The lowest BCUT2D eigenvalue weighted by molar-refractivity contribution is 1.47. The van der Waals surface area contributed by atoms with Crippen molar-refractivity contribution in [3.63, 3.8) is 0 Å². The molecule has 2 heteroatoms. The SMILES string of the molecule is [2H]Cc1c([2H])c(Cl)c([2H])c(Cl)c1[2H]. The van der Waals surface area contributed by atoms with E-state index in [2.05, 4.69) is 0 Å². The molecule has 9 heavy (non-hydrogen) atoms. The predicted octanol–water partition coefficient (Wildman–Crippen LogP) is 3.30. The van der Waals surface area contributed by atoms with Crippen LogP contribution < -0.4 is 0 Å². The van der Waals surface area contributed by atoms with Crippen LogP contribution in [0.25, 0.3) is 0 Å². The first-order chi connectivity index (χ1) is 6.00. The number of benzene rings is 1. The second-order valence-corrected chi connectivity index (χ2v) is 2.24. The minimum absolute atomic E-state index is 0.0942. The Bertz CT molecular complexity index is 322. The Morgan fingerprint density at radius 2 is 1.89 bits per heavy atom. The van der Waals surface area contributed by atoms with Gasteiger partial charge in [0.2, 0.25) is 0 Å². The summed E-state index contributed by atoms with van der Waals surface area (Å²) in [7, 11) is 0. The molecule has 0 aromatic heterocycles. The summed E-state index contributed by atoms with van der Waals surface area (Å²) in [6, 6.07) is -0.498. The zero-order valence-electron chi connectivity index (χ0n) is 8.46. The van der Waals surface area contributed by atoms with Crippen molar-refractivity contribution < 1.29 is 5.48 Å². The van der Waals surface area contributed by atoms with Crippen LogP contribution in [0.3, 0.4) is 0 Å². The molecule has 0 amide bonds. The van der Waals surface area contributed by atoms with Crippen LogP contribution in [0.1, 0.15) is 11.0 Å². The van der Waals surface area contributed by atoms with Crippen LogP contribution in [0, 0.1) is 6.90 Å². The predicted molar refractivity (Wildman–Crippen MR) is 41.2 cm³/mol. The van der Waals surface area contributed by atoms with Crippen LogP contribution in [0.5, 0.6) is 0 Å². The fourth-order valence-electron chi connectivity index (χ4n) is 0.455. The van der Waals surface area contributed by atoms with E-state index in [-0.39, 0.29) is 40.6 Å². The molecule has 0 spiro atoms. The first kappa shape index (κ1) is 3.27. The van der Waals surface area contributed by atoms with Gasteiger partial charge in [0.1, 0.15) is 0 Å². The summed E-state index contributed by atoms with van der Waals surface area (Å²) in [5.41, 5.74) is 0.158. The van der Waals surface area contributed by atoms with E-state index in [0.29, 0.717) is 0 Å². The highest BCUT2D eigenvalue weighted by Gasteiger charge is 1.90. The molecule has 1 rings (SSSR count). The molecule has 0 unspecified atom stereocenters. The largest absolute Gasteiger partial charge is 0.0843 e. The molecule has 0 atom stereocenters. The highest BCUT2D eigenvalue weighted by Crippen LogP contribution is 2.17. The average Bonchev–Trinajstić information content (AvgIpc) is 2.13. The first-order valence-corrected chi connectivity index (χ1v) is 2.99. The first-order valence-electron chi connectivity index (χ1n) is 4.44. The average molecular weight is 165 g/mol. The van der Waals surface area contributed by atoms with Gasteiger partial charge in [0.05, 0.1) is 4.11 Å². The van der Waals surface area contributed by atoms with Gasteiger partial charge in [0.25, 0.3) is 0 Å². The fourth-order valence-corrected chi connectivity index (χ4v) is 0.921. The van der Waals surface area contributed by atoms with Crippen LogP contribution in [-0.4, -0.2) is 0 Å². The molecule has 48 valence electrons. The number of hydrogen-bond donors (Lipinski definition) is 0. The zero-order chi connectivity index (χ0) is 10.2. The van der Waals surface area contributed by atoms with Gasteiger partial charge in [0.15, 0.2) is 0 Å². The van der Waals surface area contributed by atoms with Gasteiger partial charge < -0.3 is 0 Å². The molecule has 1 aromatic carbocycles. The van der Waals surface area contributed by atoms with E-state index in [1.165, 1.54) is 0 Å². The maximum absolute atomic E-state index is 7.42. The molecule has 0 aliphatic heterocycles. The molecular weight excluding hydrogens is 155 g/mol. The van der Waals surface area contributed by atoms with Crippen molar-refractivity contribution in [3.05, 3.63) is 33.7 Å². The van der Waals surface area contributed by atoms with Crippen molar-refractivity contribution in [1.29, 1.82) is 0 Å². The topological polar surface area (TPSA) is 0 Å².